The third-order valence-electron chi connectivity index (χ3n) is 3.69. The third kappa shape index (κ3) is 5.38. The number of amides is 2. The minimum Gasteiger partial charge on any atom is -0.481 e. The van der Waals surface area contributed by atoms with Crippen LogP contribution in [0.15, 0.2) is 0 Å². The van der Waals surface area contributed by atoms with E-state index in [-0.39, 0.29) is 19.0 Å². The van der Waals surface area contributed by atoms with Crippen molar-refractivity contribution >= 4 is 12.0 Å². The maximum Gasteiger partial charge on any atom is 0.317 e. The quantitative estimate of drug-likeness (QED) is 0.789. The first-order chi connectivity index (χ1) is 8.49. The fourth-order valence-electron chi connectivity index (χ4n) is 2.26. The molecule has 2 amide bonds. The largest absolute Gasteiger partial charge is 0.481 e. The molecule has 1 aliphatic rings. The normalized spacial score (nSPS) is 23.4. The summed E-state index contributed by atoms with van der Waals surface area (Å²) in [6, 6.07) is -0.171. The Bertz CT molecular complexity index is 286. The second-order valence-electron chi connectivity index (χ2n) is 5.38. The van der Waals surface area contributed by atoms with Crippen molar-refractivity contribution in [2.24, 2.45) is 11.8 Å². The molecule has 1 rings (SSSR count). The summed E-state index contributed by atoms with van der Waals surface area (Å²) in [4.78, 5) is 23.5. The van der Waals surface area contributed by atoms with Crippen LogP contribution in [0.25, 0.3) is 0 Å². The third-order valence-corrected chi connectivity index (χ3v) is 3.69. The molecule has 1 aliphatic carbocycles. The fraction of sp³-hybridized carbons (Fsp3) is 0.846. The molecule has 0 radical (unpaired) electrons. The summed E-state index contributed by atoms with van der Waals surface area (Å²) in [5, 5.41) is 11.4. The molecule has 5 heteroatoms. The van der Waals surface area contributed by atoms with Gasteiger partial charge in [-0.1, -0.05) is 19.8 Å². The highest BCUT2D eigenvalue weighted by Crippen LogP contribution is 2.27. The van der Waals surface area contributed by atoms with Gasteiger partial charge in [-0.2, -0.15) is 0 Å². The number of nitrogens with one attached hydrogen (secondary N) is 1. The lowest BCUT2D eigenvalue weighted by Gasteiger charge is -2.27. The molecule has 18 heavy (non-hydrogen) atoms. The van der Waals surface area contributed by atoms with Crippen molar-refractivity contribution in [3.05, 3.63) is 0 Å². The Labute approximate surface area is 109 Å². The van der Waals surface area contributed by atoms with Gasteiger partial charge in [0.15, 0.2) is 0 Å². The molecular formula is C13H24N2O3. The molecule has 0 aromatic carbocycles. The summed E-state index contributed by atoms with van der Waals surface area (Å²) in [6.07, 6.45) is 4.84. The van der Waals surface area contributed by atoms with Crippen molar-refractivity contribution in [1.29, 1.82) is 0 Å². The molecule has 0 heterocycles. The zero-order chi connectivity index (χ0) is 13.5. The lowest BCUT2D eigenvalue weighted by atomic mass is 9.83. The Morgan fingerprint density at radius 2 is 1.89 bits per heavy atom. The van der Waals surface area contributed by atoms with Crippen molar-refractivity contribution in [2.75, 3.05) is 20.1 Å². The van der Waals surface area contributed by atoms with Crippen LogP contribution in [0.2, 0.25) is 0 Å². The average molecular weight is 256 g/mol. The summed E-state index contributed by atoms with van der Waals surface area (Å²) in [5.74, 6) is 0.518. The van der Waals surface area contributed by atoms with E-state index in [1.165, 1.54) is 30.6 Å². The standard InChI is InChI=1S/C13H24N2O3/c1-10-3-5-11(6-4-10)9-14-13(18)15(2)8-7-12(16)17/h10-11H,3-9H2,1-2H3,(H,14,18)(H,16,17). The zero-order valence-corrected chi connectivity index (χ0v) is 11.3. The van der Waals surface area contributed by atoms with Gasteiger partial charge in [0, 0.05) is 20.1 Å². The molecule has 0 spiro atoms. The van der Waals surface area contributed by atoms with Crippen molar-refractivity contribution in [2.45, 2.75) is 39.0 Å². The van der Waals surface area contributed by atoms with Crippen molar-refractivity contribution in [3.8, 4) is 0 Å². The highest BCUT2D eigenvalue weighted by molar-refractivity contribution is 5.74. The zero-order valence-electron chi connectivity index (χ0n) is 11.3. The number of carbonyl (C=O) groups is 2. The Morgan fingerprint density at radius 1 is 1.28 bits per heavy atom. The van der Waals surface area contributed by atoms with E-state index in [0.717, 1.165) is 5.92 Å². The van der Waals surface area contributed by atoms with Crippen LogP contribution in [-0.4, -0.2) is 42.1 Å². The average Bonchev–Trinajstić information content (AvgIpc) is 2.34. The molecule has 0 aliphatic heterocycles. The number of carboxylic acid groups (broad SMARTS) is 1. The molecule has 104 valence electrons. The number of aliphatic carboxylic acids is 1. The van der Waals surface area contributed by atoms with Crippen LogP contribution < -0.4 is 5.32 Å². The summed E-state index contributed by atoms with van der Waals surface area (Å²) in [6.45, 7) is 3.24. The number of hydrogen-bond acceptors (Lipinski definition) is 2. The number of nitrogens with zero attached hydrogens (tertiary/aromatic N) is 1. The number of carboxylic acids is 1. The van der Waals surface area contributed by atoms with Gasteiger partial charge in [-0.25, -0.2) is 4.79 Å². The van der Waals surface area contributed by atoms with Gasteiger partial charge in [0.25, 0.3) is 0 Å². The molecular weight excluding hydrogens is 232 g/mol. The molecule has 1 fully saturated rings. The van der Waals surface area contributed by atoms with E-state index >= 15 is 0 Å². The Hall–Kier alpha value is -1.26. The topological polar surface area (TPSA) is 69.6 Å². The lowest BCUT2D eigenvalue weighted by Crippen LogP contribution is -2.40. The summed E-state index contributed by atoms with van der Waals surface area (Å²) in [7, 11) is 1.63. The number of carbonyl (C=O) groups excluding carboxylic acids is 1. The van der Waals surface area contributed by atoms with Crippen molar-refractivity contribution in [3.63, 3.8) is 0 Å². The monoisotopic (exact) mass is 256 g/mol. The van der Waals surface area contributed by atoms with E-state index < -0.39 is 5.97 Å². The lowest BCUT2D eigenvalue weighted by molar-refractivity contribution is -0.137. The van der Waals surface area contributed by atoms with Crippen LogP contribution in [0.5, 0.6) is 0 Å². The van der Waals surface area contributed by atoms with E-state index in [1.807, 2.05) is 0 Å². The first-order valence-corrected chi connectivity index (χ1v) is 6.69. The van der Waals surface area contributed by atoms with Crippen LogP contribution >= 0.6 is 0 Å². The minimum absolute atomic E-state index is 0.00906. The summed E-state index contributed by atoms with van der Waals surface area (Å²) in [5.41, 5.74) is 0. The van der Waals surface area contributed by atoms with Gasteiger partial charge in [0.1, 0.15) is 0 Å². The van der Waals surface area contributed by atoms with Gasteiger partial charge in [0.05, 0.1) is 6.42 Å². The SMILES string of the molecule is CC1CCC(CNC(=O)N(C)CCC(=O)O)CC1. The first kappa shape index (κ1) is 14.8. The van der Waals surface area contributed by atoms with E-state index in [1.54, 1.807) is 7.05 Å². The Balaban J connectivity index is 2.17. The summed E-state index contributed by atoms with van der Waals surface area (Å²) < 4.78 is 0. The maximum absolute atomic E-state index is 11.7. The van der Waals surface area contributed by atoms with Crippen LogP contribution in [0, 0.1) is 11.8 Å². The predicted molar refractivity (Wildman–Crippen MR) is 69.4 cm³/mol. The van der Waals surface area contributed by atoms with E-state index in [2.05, 4.69) is 12.2 Å². The van der Waals surface area contributed by atoms with Gasteiger partial charge in [-0.15, -0.1) is 0 Å². The molecule has 5 nitrogen and oxygen atoms in total. The Morgan fingerprint density at radius 3 is 2.44 bits per heavy atom. The molecule has 0 unspecified atom stereocenters. The van der Waals surface area contributed by atoms with Crippen LogP contribution in [-0.2, 0) is 4.79 Å². The van der Waals surface area contributed by atoms with E-state index in [0.29, 0.717) is 12.5 Å². The first-order valence-electron chi connectivity index (χ1n) is 6.69. The number of hydrogen-bond donors (Lipinski definition) is 2. The van der Waals surface area contributed by atoms with Crippen LogP contribution in [0.4, 0.5) is 4.79 Å². The van der Waals surface area contributed by atoms with E-state index in [4.69, 9.17) is 5.11 Å². The molecule has 0 aromatic heterocycles. The smallest absolute Gasteiger partial charge is 0.317 e. The van der Waals surface area contributed by atoms with Crippen LogP contribution in [0.1, 0.15) is 39.0 Å². The molecule has 0 aromatic rings. The fourth-order valence-corrected chi connectivity index (χ4v) is 2.26. The molecule has 0 atom stereocenters. The highest BCUT2D eigenvalue weighted by atomic mass is 16.4. The van der Waals surface area contributed by atoms with Gasteiger partial charge < -0.3 is 15.3 Å². The second-order valence-corrected chi connectivity index (χ2v) is 5.38. The number of urea groups is 1. The van der Waals surface area contributed by atoms with E-state index in [9.17, 15) is 9.59 Å². The molecule has 0 bridgehead atoms. The van der Waals surface area contributed by atoms with Gasteiger partial charge >= 0.3 is 12.0 Å². The second kappa shape index (κ2) is 7.24. The van der Waals surface area contributed by atoms with Crippen molar-refractivity contribution < 1.29 is 14.7 Å². The molecule has 0 saturated heterocycles. The van der Waals surface area contributed by atoms with Gasteiger partial charge in [-0.3, -0.25) is 4.79 Å². The maximum atomic E-state index is 11.7. The van der Waals surface area contributed by atoms with Crippen LogP contribution in [0.3, 0.4) is 0 Å². The van der Waals surface area contributed by atoms with Gasteiger partial charge in [0.2, 0.25) is 0 Å². The molecule has 1 saturated carbocycles. The summed E-state index contributed by atoms with van der Waals surface area (Å²) >= 11 is 0. The highest BCUT2D eigenvalue weighted by Gasteiger charge is 2.19. The minimum atomic E-state index is -0.879. The Kier molecular flexibility index (Phi) is 5.95. The van der Waals surface area contributed by atoms with Crippen molar-refractivity contribution in [1.82, 2.24) is 10.2 Å². The molecule has 2 N–H and O–H groups in total. The number of rotatable bonds is 5. The van der Waals surface area contributed by atoms with Gasteiger partial charge in [-0.05, 0) is 24.7 Å². The predicted octanol–water partition coefficient (Wildman–Crippen LogP) is 1.93.